The Labute approximate surface area is 164 Å². The number of hydrogen-bond donors (Lipinski definition) is 2. The van der Waals surface area contributed by atoms with Crippen LogP contribution in [-0.2, 0) is 4.79 Å². The van der Waals surface area contributed by atoms with E-state index in [-0.39, 0.29) is 5.91 Å². The summed E-state index contributed by atoms with van der Waals surface area (Å²) in [5, 5.41) is 12.0. The minimum Gasteiger partial charge on any atom is -0.274 e. The third-order valence-corrected chi connectivity index (χ3v) is 5.13. The number of aromatic nitrogens is 4. The number of carbonyl (C=O) groups excluding carboxylic acids is 1. The summed E-state index contributed by atoms with van der Waals surface area (Å²) in [4.78, 5) is 18.3. The third-order valence-electron chi connectivity index (χ3n) is 3.73. The number of thiazole rings is 1. The third kappa shape index (κ3) is 3.71. The lowest BCUT2D eigenvalue weighted by Gasteiger charge is -2.19. The summed E-state index contributed by atoms with van der Waals surface area (Å²) < 4.78 is 2.11. The number of aryl methyl sites for hydroxylation is 2. The SMILES string of the molecule is CC(=O)N(c1ccc(C)c(C)c1)c1nc(/C=N\n2c(=S)[nH][nH]c2=S)cs1. The van der Waals surface area contributed by atoms with Gasteiger partial charge in [0, 0.05) is 12.3 Å². The number of carbonyl (C=O) groups is 1. The molecule has 0 saturated carbocycles. The van der Waals surface area contributed by atoms with Gasteiger partial charge in [-0.25, -0.2) is 4.98 Å². The van der Waals surface area contributed by atoms with E-state index in [1.54, 1.807) is 11.1 Å². The van der Waals surface area contributed by atoms with Crippen molar-refractivity contribution in [1.29, 1.82) is 0 Å². The predicted octanol–water partition coefficient (Wildman–Crippen LogP) is 4.24. The molecule has 134 valence electrons. The van der Waals surface area contributed by atoms with E-state index in [2.05, 4.69) is 20.3 Å². The predicted molar refractivity (Wildman–Crippen MR) is 109 cm³/mol. The molecule has 0 spiro atoms. The molecule has 0 unspecified atom stereocenters. The van der Waals surface area contributed by atoms with Crippen molar-refractivity contribution < 1.29 is 4.79 Å². The Bertz CT molecular complexity index is 1080. The normalized spacial score (nSPS) is 11.2. The van der Waals surface area contributed by atoms with Crippen molar-refractivity contribution in [2.75, 3.05) is 4.90 Å². The van der Waals surface area contributed by atoms with Gasteiger partial charge in [0.1, 0.15) is 0 Å². The molecule has 0 saturated heterocycles. The van der Waals surface area contributed by atoms with E-state index in [1.807, 2.05) is 37.4 Å². The minimum atomic E-state index is -0.110. The smallest absolute Gasteiger partial charge is 0.230 e. The molecule has 3 aromatic rings. The largest absolute Gasteiger partial charge is 0.274 e. The van der Waals surface area contributed by atoms with Crippen LogP contribution >= 0.6 is 35.8 Å². The summed E-state index contributed by atoms with van der Waals surface area (Å²) >= 11 is 11.5. The van der Waals surface area contributed by atoms with E-state index in [0.29, 0.717) is 20.4 Å². The van der Waals surface area contributed by atoms with Crippen LogP contribution < -0.4 is 4.90 Å². The second-order valence-corrected chi connectivity index (χ2v) is 7.20. The fourth-order valence-electron chi connectivity index (χ4n) is 2.26. The fourth-order valence-corrected chi connectivity index (χ4v) is 3.53. The molecule has 0 bridgehead atoms. The Morgan fingerprint density at radius 2 is 1.96 bits per heavy atom. The van der Waals surface area contributed by atoms with E-state index >= 15 is 0 Å². The zero-order chi connectivity index (χ0) is 18.8. The molecule has 3 rings (SSSR count). The number of amides is 1. The molecule has 10 heteroatoms. The molecule has 0 aliphatic heterocycles. The van der Waals surface area contributed by atoms with Crippen molar-refractivity contribution >= 4 is 58.7 Å². The van der Waals surface area contributed by atoms with Crippen LogP contribution in [0.5, 0.6) is 0 Å². The summed E-state index contributed by atoms with van der Waals surface area (Å²) in [6.07, 6.45) is 1.55. The minimum absolute atomic E-state index is 0.110. The van der Waals surface area contributed by atoms with E-state index in [4.69, 9.17) is 24.4 Å². The summed E-state index contributed by atoms with van der Waals surface area (Å²) in [6.45, 7) is 5.57. The maximum atomic E-state index is 12.2. The highest BCUT2D eigenvalue weighted by atomic mass is 32.1. The summed E-state index contributed by atoms with van der Waals surface area (Å²) in [5.41, 5.74) is 3.68. The van der Waals surface area contributed by atoms with Crippen LogP contribution in [0.1, 0.15) is 23.7 Å². The highest BCUT2D eigenvalue weighted by molar-refractivity contribution is 7.72. The van der Waals surface area contributed by atoms with Crippen molar-refractivity contribution in [2.24, 2.45) is 5.10 Å². The van der Waals surface area contributed by atoms with Gasteiger partial charge in [-0.3, -0.25) is 19.9 Å². The fraction of sp³-hybridized carbons (Fsp3) is 0.188. The lowest BCUT2D eigenvalue weighted by molar-refractivity contribution is -0.115. The highest BCUT2D eigenvalue weighted by Crippen LogP contribution is 2.29. The van der Waals surface area contributed by atoms with Gasteiger partial charge in [0.2, 0.25) is 15.4 Å². The maximum Gasteiger partial charge on any atom is 0.230 e. The molecular formula is C16H16N6OS3. The molecule has 26 heavy (non-hydrogen) atoms. The number of aromatic amines is 2. The monoisotopic (exact) mass is 404 g/mol. The first-order valence-corrected chi connectivity index (χ1v) is 9.34. The first-order chi connectivity index (χ1) is 12.4. The first-order valence-electron chi connectivity index (χ1n) is 7.64. The average Bonchev–Trinajstić information content (AvgIpc) is 3.16. The molecule has 0 aliphatic carbocycles. The highest BCUT2D eigenvalue weighted by Gasteiger charge is 2.18. The molecule has 0 atom stereocenters. The van der Waals surface area contributed by atoms with Gasteiger partial charge < -0.3 is 0 Å². The molecule has 7 nitrogen and oxygen atoms in total. The molecule has 1 aromatic carbocycles. The summed E-state index contributed by atoms with van der Waals surface area (Å²) in [5.74, 6) is -0.110. The maximum absolute atomic E-state index is 12.2. The Morgan fingerprint density at radius 1 is 1.27 bits per heavy atom. The van der Waals surface area contributed by atoms with Gasteiger partial charge in [-0.15, -0.1) is 11.3 Å². The Balaban J connectivity index is 1.93. The Morgan fingerprint density at radius 3 is 2.58 bits per heavy atom. The van der Waals surface area contributed by atoms with E-state index < -0.39 is 0 Å². The molecule has 2 heterocycles. The van der Waals surface area contributed by atoms with Gasteiger partial charge >= 0.3 is 0 Å². The van der Waals surface area contributed by atoms with Gasteiger partial charge in [-0.05, 0) is 61.5 Å². The summed E-state index contributed by atoms with van der Waals surface area (Å²) in [7, 11) is 0. The Kier molecular flexibility index (Phi) is 5.25. The molecule has 0 fully saturated rings. The number of hydrogen-bond acceptors (Lipinski definition) is 6. The van der Waals surface area contributed by atoms with Crippen LogP contribution in [0.2, 0.25) is 0 Å². The van der Waals surface area contributed by atoms with Crippen LogP contribution in [0.4, 0.5) is 10.8 Å². The van der Waals surface area contributed by atoms with Crippen molar-refractivity contribution in [3.05, 3.63) is 49.9 Å². The van der Waals surface area contributed by atoms with E-state index in [0.717, 1.165) is 11.3 Å². The van der Waals surface area contributed by atoms with Crippen LogP contribution in [-0.4, -0.2) is 32.0 Å². The van der Waals surface area contributed by atoms with Crippen LogP contribution in [0.3, 0.4) is 0 Å². The lowest BCUT2D eigenvalue weighted by atomic mass is 10.1. The van der Waals surface area contributed by atoms with Crippen molar-refractivity contribution in [3.63, 3.8) is 0 Å². The van der Waals surface area contributed by atoms with Crippen molar-refractivity contribution in [1.82, 2.24) is 19.9 Å². The van der Waals surface area contributed by atoms with Crippen molar-refractivity contribution in [2.45, 2.75) is 20.8 Å². The number of rotatable bonds is 4. The number of benzene rings is 1. The first kappa shape index (κ1) is 18.4. The van der Waals surface area contributed by atoms with Crippen LogP contribution in [0.15, 0.2) is 28.7 Å². The molecule has 2 N–H and O–H groups in total. The van der Waals surface area contributed by atoms with Crippen molar-refractivity contribution in [3.8, 4) is 0 Å². The second-order valence-electron chi connectivity index (χ2n) is 5.59. The second kappa shape index (κ2) is 7.44. The number of H-pyrrole nitrogens is 2. The molecule has 2 aromatic heterocycles. The number of anilines is 2. The van der Waals surface area contributed by atoms with Gasteiger partial charge in [0.25, 0.3) is 0 Å². The van der Waals surface area contributed by atoms with E-state index in [9.17, 15) is 4.79 Å². The average molecular weight is 405 g/mol. The Hall–Kier alpha value is -2.43. The number of nitrogens with one attached hydrogen (secondary N) is 2. The lowest BCUT2D eigenvalue weighted by Crippen LogP contribution is -2.22. The summed E-state index contributed by atoms with van der Waals surface area (Å²) in [6, 6.07) is 5.88. The molecule has 0 aliphatic rings. The van der Waals surface area contributed by atoms with Gasteiger partial charge in [0.05, 0.1) is 17.6 Å². The topological polar surface area (TPSA) is 82.1 Å². The van der Waals surface area contributed by atoms with Gasteiger partial charge in [-0.1, -0.05) is 6.07 Å². The zero-order valence-electron chi connectivity index (χ0n) is 14.3. The quantitative estimate of drug-likeness (QED) is 0.503. The van der Waals surface area contributed by atoms with Gasteiger partial charge in [0.15, 0.2) is 5.13 Å². The van der Waals surface area contributed by atoms with Crippen LogP contribution in [0, 0.1) is 23.4 Å². The zero-order valence-corrected chi connectivity index (χ0v) is 16.8. The molecule has 1 amide bonds. The van der Waals surface area contributed by atoms with E-state index in [1.165, 1.54) is 28.5 Å². The number of nitrogens with zero attached hydrogens (tertiary/aromatic N) is 4. The standard InChI is InChI=1S/C16H16N6OS3/c1-9-4-5-13(6-10(9)2)21(11(3)23)16-18-12(8-26-16)7-17-22-14(24)19-20-15(22)25/h4-8H,1-3H3,(H,19,24)(H,20,25)/b17-7-. The van der Waals surface area contributed by atoms with Gasteiger partial charge in [-0.2, -0.15) is 9.78 Å². The molecular weight excluding hydrogens is 388 g/mol. The molecule has 0 radical (unpaired) electrons. The van der Waals surface area contributed by atoms with Crippen LogP contribution in [0.25, 0.3) is 0 Å².